The number of nitrogens with zero attached hydrogens (tertiary/aromatic N) is 2. The van der Waals surface area contributed by atoms with E-state index in [1.54, 1.807) is 31.6 Å². The molecule has 2 heterocycles. The first kappa shape index (κ1) is 29.0. The van der Waals surface area contributed by atoms with Gasteiger partial charge < -0.3 is 19.5 Å². The van der Waals surface area contributed by atoms with Gasteiger partial charge in [0.15, 0.2) is 0 Å². The van der Waals surface area contributed by atoms with Gasteiger partial charge in [-0.25, -0.2) is 4.79 Å². The summed E-state index contributed by atoms with van der Waals surface area (Å²) in [6, 6.07) is 35.0. The van der Waals surface area contributed by atoms with Crippen LogP contribution in [0.15, 0.2) is 103 Å². The van der Waals surface area contributed by atoms with Crippen LogP contribution in [0.5, 0.6) is 0 Å². The maximum atomic E-state index is 11.2. The third-order valence-corrected chi connectivity index (χ3v) is 8.90. The summed E-state index contributed by atoms with van der Waals surface area (Å²) in [7, 11) is 3.39. The quantitative estimate of drug-likeness (QED) is 0.122. The first-order chi connectivity index (χ1) is 20.5. The summed E-state index contributed by atoms with van der Waals surface area (Å²) >= 11 is 3.14. The number of nitriles is 1. The zero-order chi connectivity index (χ0) is 29.5. The highest BCUT2D eigenvalue weighted by Gasteiger charge is 2.14. The Balaban J connectivity index is 1.42. The van der Waals surface area contributed by atoms with Crippen LogP contribution in [0, 0.1) is 11.3 Å². The van der Waals surface area contributed by atoms with Gasteiger partial charge >= 0.3 is 5.97 Å². The molecule has 5 aromatic rings. The van der Waals surface area contributed by atoms with Gasteiger partial charge in [0.25, 0.3) is 0 Å². The lowest BCUT2D eigenvalue weighted by atomic mass is 10.1. The van der Waals surface area contributed by atoms with Crippen LogP contribution < -0.4 is 4.90 Å². The van der Waals surface area contributed by atoms with Crippen LogP contribution in [0.3, 0.4) is 0 Å². The van der Waals surface area contributed by atoms with E-state index < -0.39 is 5.97 Å². The summed E-state index contributed by atoms with van der Waals surface area (Å²) < 4.78 is 10.6. The minimum atomic E-state index is -1.22. The molecule has 0 saturated carbocycles. The summed E-state index contributed by atoms with van der Waals surface area (Å²) in [6.07, 6.45) is 1.41. The van der Waals surface area contributed by atoms with Crippen LogP contribution in [-0.2, 0) is 27.5 Å². The Bertz CT molecular complexity index is 1680. The minimum Gasteiger partial charge on any atom is -0.477 e. The van der Waals surface area contributed by atoms with Crippen LogP contribution in [0.4, 0.5) is 17.1 Å². The SMILES string of the molecule is COCc1ccc(N(c2ccc(COC)cc2)c2ccc(-c3ccc(-c4ccc(/C=C(/C#N)C(=O)O)s4)s3)cc2)cc1. The van der Waals surface area contributed by atoms with Crippen LogP contribution in [0.25, 0.3) is 26.3 Å². The third kappa shape index (κ3) is 6.68. The predicted octanol–water partition coefficient (Wildman–Crippen LogP) is 8.90. The van der Waals surface area contributed by atoms with Crippen molar-refractivity contribution in [3.63, 3.8) is 0 Å². The molecule has 2 aromatic heterocycles. The molecule has 5 rings (SSSR count). The topological polar surface area (TPSA) is 82.8 Å². The largest absolute Gasteiger partial charge is 0.477 e. The van der Waals surface area contributed by atoms with Gasteiger partial charge in [-0.3, -0.25) is 0 Å². The molecular formula is C34H28N2O4S2. The number of thiophene rings is 2. The van der Waals surface area contributed by atoms with Crippen molar-refractivity contribution >= 4 is 51.8 Å². The summed E-state index contributed by atoms with van der Waals surface area (Å²) in [5.41, 5.74) is 6.19. The second-order valence-electron chi connectivity index (χ2n) is 9.42. The summed E-state index contributed by atoms with van der Waals surface area (Å²) in [5.74, 6) is -1.22. The molecule has 0 saturated heterocycles. The fourth-order valence-corrected chi connectivity index (χ4v) is 6.56. The molecule has 0 amide bonds. The zero-order valence-electron chi connectivity index (χ0n) is 23.1. The van der Waals surface area contributed by atoms with Gasteiger partial charge in [-0.15, -0.1) is 22.7 Å². The Morgan fingerprint density at radius 2 is 1.21 bits per heavy atom. The molecule has 42 heavy (non-hydrogen) atoms. The predicted molar refractivity (Wildman–Crippen MR) is 170 cm³/mol. The van der Waals surface area contributed by atoms with E-state index in [0.29, 0.717) is 13.2 Å². The standard InChI is InChI=1S/C34H28N2O4S2/c1-39-21-23-3-9-27(10-4-23)36(28-11-5-24(6-12-28)22-40-2)29-13-7-25(8-14-29)31-17-18-33(42-31)32-16-15-30(41-32)19-26(20-35)34(37)38/h3-19H,21-22H2,1-2H3,(H,37,38)/b26-19-. The fraction of sp³-hybridized carbons (Fsp3) is 0.118. The maximum absolute atomic E-state index is 11.2. The van der Waals surface area contributed by atoms with E-state index in [4.69, 9.17) is 19.8 Å². The first-order valence-corrected chi connectivity index (χ1v) is 14.7. The first-order valence-electron chi connectivity index (χ1n) is 13.1. The molecule has 0 fully saturated rings. The Hall–Kier alpha value is -4.52. The van der Waals surface area contributed by atoms with E-state index in [-0.39, 0.29) is 5.57 Å². The van der Waals surface area contributed by atoms with Crippen LogP contribution >= 0.6 is 22.7 Å². The number of carbonyl (C=O) groups is 1. The van der Waals surface area contributed by atoms with Crippen LogP contribution in [0.1, 0.15) is 16.0 Å². The van der Waals surface area contributed by atoms with E-state index in [1.807, 2.05) is 12.1 Å². The number of carboxylic acids is 1. The number of carboxylic acid groups (broad SMARTS) is 1. The van der Waals surface area contributed by atoms with Crippen molar-refractivity contribution in [2.45, 2.75) is 13.2 Å². The minimum absolute atomic E-state index is 0.277. The Morgan fingerprint density at radius 1 is 0.738 bits per heavy atom. The van der Waals surface area contributed by atoms with Crippen molar-refractivity contribution in [1.82, 2.24) is 0 Å². The van der Waals surface area contributed by atoms with Gasteiger partial charge in [-0.2, -0.15) is 5.26 Å². The Morgan fingerprint density at radius 3 is 1.71 bits per heavy atom. The fourth-order valence-electron chi connectivity index (χ4n) is 4.51. The van der Waals surface area contributed by atoms with E-state index in [1.165, 1.54) is 17.4 Å². The number of anilines is 3. The van der Waals surface area contributed by atoms with E-state index >= 15 is 0 Å². The zero-order valence-corrected chi connectivity index (χ0v) is 24.7. The van der Waals surface area contributed by atoms with Crippen LogP contribution in [0.2, 0.25) is 0 Å². The molecule has 1 N–H and O–H groups in total. The highest BCUT2D eigenvalue weighted by molar-refractivity contribution is 7.24. The van der Waals surface area contributed by atoms with E-state index in [0.717, 1.165) is 53.3 Å². The van der Waals surface area contributed by atoms with E-state index in [9.17, 15) is 4.79 Å². The van der Waals surface area contributed by atoms with Gasteiger partial charge in [0.1, 0.15) is 11.6 Å². The second kappa shape index (κ2) is 13.4. The van der Waals surface area contributed by atoms with Crippen LogP contribution in [-0.4, -0.2) is 25.3 Å². The van der Waals surface area contributed by atoms with Gasteiger partial charge in [0.05, 0.1) is 13.2 Å². The molecule has 6 nitrogen and oxygen atoms in total. The van der Waals surface area contributed by atoms with Crippen molar-refractivity contribution in [3.8, 4) is 26.3 Å². The van der Waals surface area contributed by atoms with Crippen molar-refractivity contribution in [2.75, 3.05) is 19.1 Å². The highest BCUT2D eigenvalue weighted by Crippen LogP contribution is 2.40. The van der Waals surface area contributed by atoms with Gasteiger partial charge in [0, 0.05) is 50.8 Å². The molecule has 0 aliphatic rings. The molecule has 0 aliphatic carbocycles. The number of methoxy groups -OCH3 is 2. The molecule has 0 radical (unpaired) electrons. The number of rotatable bonds is 11. The molecule has 8 heteroatoms. The third-order valence-electron chi connectivity index (χ3n) is 6.53. The average molecular weight is 593 g/mol. The monoisotopic (exact) mass is 592 g/mol. The van der Waals surface area contributed by atoms with Crippen molar-refractivity contribution < 1.29 is 19.4 Å². The lowest BCUT2D eigenvalue weighted by molar-refractivity contribution is -0.132. The number of hydrogen-bond donors (Lipinski definition) is 1. The number of aliphatic carboxylic acids is 1. The second-order valence-corrected chi connectivity index (χ2v) is 11.6. The maximum Gasteiger partial charge on any atom is 0.346 e. The molecular weight excluding hydrogens is 565 g/mol. The Labute approximate surface area is 253 Å². The molecule has 210 valence electrons. The number of hydrogen-bond acceptors (Lipinski definition) is 7. The van der Waals surface area contributed by atoms with E-state index in [2.05, 4.69) is 89.8 Å². The number of benzene rings is 3. The molecule has 0 aliphatic heterocycles. The molecule has 0 unspecified atom stereocenters. The van der Waals surface area contributed by atoms with Gasteiger partial charge in [-0.05, 0) is 83.4 Å². The molecule has 0 atom stereocenters. The lowest BCUT2D eigenvalue weighted by Gasteiger charge is -2.26. The van der Waals surface area contributed by atoms with Crippen molar-refractivity contribution in [3.05, 3.63) is 119 Å². The van der Waals surface area contributed by atoms with Crippen molar-refractivity contribution in [2.24, 2.45) is 0 Å². The van der Waals surface area contributed by atoms with Gasteiger partial charge in [0.2, 0.25) is 0 Å². The summed E-state index contributed by atoms with van der Waals surface area (Å²) in [5, 5.41) is 18.2. The molecule has 0 spiro atoms. The molecule has 0 bridgehead atoms. The van der Waals surface area contributed by atoms with Gasteiger partial charge in [-0.1, -0.05) is 36.4 Å². The average Bonchev–Trinajstić information content (AvgIpc) is 3.69. The highest BCUT2D eigenvalue weighted by atomic mass is 32.1. The Kier molecular flexibility index (Phi) is 9.27. The number of ether oxygens (including phenoxy) is 2. The lowest BCUT2D eigenvalue weighted by Crippen LogP contribution is -2.10. The smallest absolute Gasteiger partial charge is 0.346 e. The summed E-state index contributed by atoms with van der Waals surface area (Å²) in [6.45, 7) is 1.13. The normalized spacial score (nSPS) is 11.3. The summed E-state index contributed by atoms with van der Waals surface area (Å²) in [4.78, 5) is 17.4. The molecule has 3 aromatic carbocycles. The van der Waals surface area contributed by atoms with Crippen molar-refractivity contribution in [1.29, 1.82) is 5.26 Å².